The van der Waals surface area contributed by atoms with Crippen LogP contribution < -0.4 is 56.5 Å². The molecule has 4 heteroatoms. The van der Waals surface area contributed by atoms with Gasteiger partial charge in [0, 0.05) is 0 Å². The summed E-state index contributed by atoms with van der Waals surface area (Å²) in [7, 11) is 0. The summed E-state index contributed by atoms with van der Waals surface area (Å²) in [5.74, 6) is -1.65. The van der Waals surface area contributed by atoms with Gasteiger partial charge in [-0.3, -0.25) is 0 Å². The second-order valence-corrected chi connectivity index (χ2v) is 0.773. The molecule has 30 valence electrons. The van der Waals surface area contributed by atoms with Gasteiger partial charge in [0.05, 0.1) is 11.8 Å². The molecule has 0 aliphatic heterocycles. The molecule has 0 amide bonds. The quantitative estimate of drug-likeness (QED) is 0.269. The molecule has 0 heterocycles. The number of alkyl halides is 1. The first-order valence-electron chi connectivity index (χ1n) is 1.03. The predicted octanol–water partition coefficient (Wildman–Crippen LogP) is -4.02. The third kappa shape index (κ3) is 9.04. The van der Waals surface area contributed by atoms with E-state index >= 15 is 0 Å². The summed E-state index contributed by atoms with van der Waals surface area (Å²) < 4.78 is 0. The Morgan fingerprint density at radius 1 is 1.83 bits per heavy atom. The van der Waals surface area contributed by atoms with Crippen molar-refractivity contribution in [3.8, 4) is 0 Å². The molecular weight excluding hydrogens is 131 g/mol. The Bertz CT molecular complexity index is 46.8. The number of hydrogen-bond acceptors (Lipinski definition) is 2. The molecule has 0 radical (unpaired) electrons. The fraction of sp³-hybridized carbons (Fsp3) is 0.500. The summed E-state index contributed by atoms with van der Waals surface area (Å²) in [6, 6.07) is 0. The maximum absolute atomic E-state index is 9.12. The second kappa shape index (κ2) is 6.40. The van der Waals surface area contributed by atoms with Crippen LogP contribution in [-0.4, -0.2) is 11.8 Å². The van der Waals surface area contributed by atoms with E-state index in [9.17, 15) is 0 Å². The van der Waals surface area contributed by atoms with Gasteiger partial charge in [-0.1, -0.05) is 0 Å². The van der Waals surface area contributed by atoms with Crippen molar-refractivity contribution in [2.45, 2.75) is 0 Å². The number of carboxylic acids is 1. The van der Waals surface area contributed by atoms with Crippen molar-refractivity contribution < 1.29 is 61.3 Å². The molecule has 0 saturated carbocycles. The summed E-state index contributed by atoms with van der Waals surface area (Å²) in [6.45, 7) is 0. The zero-order chi connectivity index (χ0) is 4.28. The van der Waals surface area contributed by atoms with E-state index < -0.39 is 11.8 Å². The minimum absolute atomic E-state index is 0. The molecule has 0 N–H and O–H groups in total. The van der Waals surface area contributed by atoms with Gasteiger partial charge in [-0.25, -0.2) is 0 Å². The Morgan fingerprint density at radius 2 is 2.00 bits per heavy atom. The van der Waals surface area contributed by atoms with Gasteiger partial charge in [0.1, 0.15) is 0 Å². The predicted molar refractivity (Wildman–Crippen MR) is 15.7 cm³/mol. The Kier molecular flexibility index (Phi) is 11.1. The topological polar surface area (TPSA) is 40.1 Å². The Labute approximate surface area is 83.3 Å². The van der Waals surface area contributed by atoms with Gasteiger partial charge >= 0.3 is 51.4 Å². The fourth-order valence-corrected chi connectivity index (χ4v) is 0. The molecule has 0 aromatic heterocycles. The molecule has 0 unspecified atom stereocenters. The number of carbonyl (C=O) groups is 1. The van der Waals surface area contributed by atoms with Gasteiger partial charge in [0.15, 0.2) is 0 Å². The molecule has 0 atom stereocenters. The molecule has 0 aliphatic carbocycles. The maximum Gasteiger partial charge on any atom is 1.00 e. The van der Waals surface area contributed by atoms with Crippen molar-refractivity contribution in [3.63, 3.8) is 0 Å². The van der Waals surface area contributed by atoms with E-state index in [1.165, 1.54) is 0 Å². The monoisotopic (exact) mass is 132 g/mol. The third-order valence-electron chi connectivity index (χ3n) is 0.109. The first-order valence-corrected chi connectivity index (χ1v) is 1.56. The van der Waals surface area contributed by atoms with Gasteiger partial charge in [-0.2, -0.15) is 0 Å². The Hall–Kier alpha value is 1.40. The van der Waals surface area contributed by atoms with E-state index in [-0.39, 0.29) is 51.4 Å². The molecule has 0 aromatic carbocycles. The molecule has 0 aromatic rings. The molecule has 6 heavy (non-hydrogen) atoms. The van der Waals surface area contributed by atoms with E-state index in [0.29, 0.717) is 0 Å². The molecular formula is C2H2ClKO2. The molecule has 0 saturated heterocycles. The minimum Gasteiger partial charge on any atom is -0.549 e. The third-order valence-corrected chi connectivity index (χ3v) is 0.327. The number of rotatable bonds is 1. The van der Waals surface area contributed by atoms with Crippen LogP contribution in [-0.2, 0) is 4.79 Å². The summed E-state index contributed by atoms with van der Waals surface area (Å²) in [5, 5.41) is 9.12. The second-order valence-electron chi connectivity index (χ2n) is 0.506. The van der Waals surface area contributed by atoms with Gasteiger partial charge in [-0.05, 0) is 0 Å². The minimum atomic E-state index is -1.23. The first-order chi connectivity index (χ1) is 2.27. The van der Waals surface area contributed by atoms with Crippen LogP contribution in [0, 0.1) is 0 Å². The van der Waals surface area contributed by atoms with Gasteiger partial charge in [0.2, 0.25) is 0 Å². The van der Waals surface area contributed by atoms with E-state index in [1.807, 2.05) is 0 Å². The molecule has 0 bridgehead atoms. The fourth-order valence-electron chi connectivity index (χ4n) is 0. The van der Waals surface area contributed by atoms with Gasteiger partial charge < -0.3 is 9.90 Å². The molecule has 0 fully saturated rings. The average Bonchev–Trinajstić information content (AvgIpc) is 1.38. The Balaban J connectivity index is 0. The standard InChI is InChI=1S/C2H3ClO2.K/c3-1-2(4)5;/h1H2,(H,4,5);/q;+1/p-1. The Morgan fingerprint density at radius 3 is 2.00 bits per heavy atom. The smallest absolute Gasteiger partial charge is 0.549 e. The first kappa shape index (κ1) is 10.4. The van der Waals surface area contributed by atoms with Crippen molar-refractivity contribution in [1.82, 2.24) is 0 Å². The summed E-state index contributed by atoms with van der Waals surface area (Å²) in [4.78, 5) is 9.12. The van der Waals surface area contributed by atoms with E-state index in [0.717, 1.165) is 0 Å². The number of aliphatic carboxylic acids is 1. The number of halogens is 1. The van der Waals surface area contributed by atoms with Gasteiger partial charge in [-0.15, -0.1) is 11.6 Å². The summed E-state index contributed by atoms with van der Waals surface area (Å²) in [5.41, 5.74) is 0. The average molecular weight is 133 g/mol. The van der Waals surface area contributed by atoms with Gasteiger partial charge in [0.25, 0.3) is 0 Å². The van der Waals surface area contributed by atoms with Crippen LogP contribution in [0.3, 0.4) is 0 Å². The zero-order valence-corrected chi connectivity index (χ0v) is 7.28. The number of hydrogen-bond donors (Lipinski definition) is 0. The van der Waals surface area contributed by atoms with E-state index in [2.05, 4.69) is 11.6 Å². The summed E-state index contributed by atoms with van der Waals surface area (Å²) in [6.07, 6.45) is 0. The maximum atomic E-state index is 9.12. The van der Waals surface area contributed by atoms with Crippen molar-refractivity contribution in [2.75, 3.05) is 5.88 Å². The van der Waals surface area contributed by atoms with Crippen LogP contribution in [0.1, 0.15) is 0 Å². The summed E-state index contributed by atoms with van der Waals surface area (Å²) >= 11 is 4.67. The van der Waals surface area contributed by atoms with Crippen LogP contribution in [0.2, 0.25) is 0 Å². The van der Waals surface area contributed by atoms with Crippen LogP contribution in [0.5, 0.6) is 0 Å². The number of carbonyl (C=O) groups excluding carboxylic acids is 1. The van der Waals surface area contributed by atoms with Crippen LogP contribution >= 0.6 is 11.6 Å². The van der Waals surface area contributed by atoms with Crippen molar-refractivity contribution in [1.29, 1.82) is 0 Å². The van der Waals surface area contributed by atoms with E-state index in [1.54, 1.807) is 0 Å². The molecule has 2 nitrogen and oxygen atoms in total. The van der Waals surface area contributed by atoms with Crippen molar-refractivity contribution >= 4 is 17.6 Å². The largest absolute Gasteiger partial charge is 1.00 e. The molecule has 0 rings (SSSR count). The normalized spacial score (nSPS) is 6.17. The van der Waals surface area contributed by atoms with Crippen molar-refractivity contribution in [3.05, 3.63) is 0 Å². The number of carboxylic acid groups (broad SMARTS) is 1. The van der Waals surface area contributed by atoms with Crippen LogP contribution in [0.25, 0.3) is 0 Å². The molecule has 0 aliphatic rings. The van der Waals surface area contributed by atoms with Crippen molar-refractivity contribution in [2.24, 2.45) is 0 Å². The molecule has 0 spiro atoms. The van der Waals surface area contributed by atoms with E-state index in [4.69, 9.17) is 9.90 Å². The van der Waals surface area contributed by atoms with Crippen LogP contribution in [0.4, 0.5) is 0 Å². The SMILES string of the molecule is O=C([O-])CCl.[K+]. The van der Waals surface area contributed by atoms with Crippen LogP contribution in [0.15, 0.2) is 0 Å². The zero-order valence-electron chi connectivity index (χ0n) is 3.40.